The van der Waals surface area contributed by atoms with E-state index in [4.69, 9.17) is 21.1 Å². The number of halogens is 5. The standard InChI is InChI=1S/C31H33ClF4N6O5.C2H6/c1-29(2,3)47-28(45)40-12-10-30(11-13-40)9-6-20-22(30)26(44)42-27(38-25(39-42)17-7-14-46-15-8-17)41(20)16-21(43)37-19-5-4-18(31(34,35)36)24(33)23(19)32;1-2/h4-5,7H,6,8-16H2,1-3H3,(H,37,43);1-2H3. The second-order valence-electron chi connectivity index (χ2n) is 13.0. The zero-order valence-corrected chi connectivity index (χ0v) is 28.7. The van der Waals surface area contributed by atoms with E-state index in [2.05, 4.69) is 15.4 Å². The Morgan fingerprint density at radius 2 is 1.80 bits per heavy atom. The molecule has 4 heterocycles. The molecule has 1 N–H and O–H groups in total. The number of anilines is 1. The van der Waals surface area contributed by atoms with Gasteiger partial charge in [0, 0.05) is 29.8 Å². The highest BCUT2D eigenvalue weighted by molar-refractivity contribution is 6.34. The van der Waals surface area contributed by atoms with Crippen LogP contribution in [0.3, 0.4) is 0 Å². The molecule has 1 fully saturated rings. The number of hydrogen-bond acceptors (Lipinski definition) is 7. The van der Waals surface area contributed by atoms with Crippen molar-refractivity contribution >= 4 is 40.6 Å². The molecule has 49 heavy (non-hydrogen) atoms. The quantitative estimate of drug-likeness (QED) is 0.312. The average Bonchev–Trinajstić information content (AvgIpc) is 3.65. The van der Waals surface area contributed by atoms with Gasteiger partial charge in [0.2, 0.25) is 11.7 Å². The lowest BCUT2D eigenvalue weighted by molar-refractivity contribution is -0.140. The van der Waals surface area contributed by atoms with Crippen LogP contribution in [-0.4, -0.2) is 68.0 Å². The van der Waals surface area contributed by atoms with Crippen molar-refractivity contribution in [2.75, 3.05) is 31.6 Å². The molecule has 1 spiro atoms. The number of carbonyl (C=O) groups excluding carboxylic acids is 2. The molecule has 16 heteroatoms. The fraction of sp³-hybridized carbons (Fsp3) is 0.545. The fourth-order valence-electron chi connectivity index (χ4n) is 6.55. The molecule has 1 aromatic carbocycles. The second-order valence-corrected chi connectivity index (χ2v) is 13.4. The van der Waals surface area contributed by atoms with Gasteiger partial charge in [0.15, 0.2) is 11.6 Å². The minimum atomic E-state index is -4.97. The van der Waals surface area contributed by atoms with Gasteiger partial charge in [-0.25, -0.2) is 9.18 Å². The second kappa shape index (κ2) is 13.7. The normalized spacial score (nSPS) is 17.3. The monoisotopic (exact) mass is 710 g/mol. The fourth-order valence-corrected chi connectivity index (χ4v) is 6.76. The van der Waals surface area contributed by atoms with Crippen LogP contribution in [0.1, 0.15) is 82.9 Å². The van der Waals surface area contributed by atoms with Gasteiger partial charge in [-0.05, 0) is 70.6 Å². The van der Waals surface area contributed by atoms with Crippen molar-refractivity contribution in [1.82, 2.24) is 24.1 Å². The molecule has 1 saturated heterocycles. The van der Waals surface area contributed by atoms with Crippen LogP contribution in [0.25, 0.3) is 11.4 Å². The molecule has 6 rings (SSSR count). The smallest absolute Gasteiger partial charge is 0.419 e. The number of benzene rings is 1. The minimum absolute atomic E-state index is 0.110. The van der Waals surface area contributed by atoms with Gasteiger partial charge in [-0.1, -0.05) is 31.5 Å². The predicted octanol–water partition coefficient (Wildman–Crippen LogP) is 6.39. The van der Waals surface area contributed by atoms with Gasteiger partial charge in [-0.2, -0.15) is 22.7 Å². The van der Waals surface area contributed by atoms with Crippen molar-refractivity contribution in [2.45, 2.75) is 90.5 Å². The number of hydrogen-bond donors (Lipinski definition) is 1. The number of alkyl halides is 3. The molecule has 2 aromatic heterocycles. The molecule has 0 radical (unpaired) electrons. The molecule has 0 atom stereocenters. The van der Waals surface area contributed by atoms with E-state index in [9.17, 15) is 31.9 Å². The summed E-state index contributed by atoms with van der Waals surface area (Å²) in [5.41, 5.74) is -1.67. The van der Waals surface area contributed by atoms with Crippen LogP contribution >= 0.6 is 11.6 Å². The summed E-state index contributed by atoms with van der Waals surface area (Å²) in [5.74, 6) is -2.01. The molecule has 1 aliphatic carbocycles. The maximum absolute atomic E-state index is 14.5. The molecular weight excluding hydrogens is 672 g/mol. The van der Waals surface area contributed by atoms with Crippen molar-refractivity contribution in [3.8, 4) is 0 Å². The van der Waals surface area contributed by atoms with Gasteiger partial charge < -0.3 is 24.3 Å². The SMILES string of the molecule is CC.CC(C)(C)OC(=O)N1CCC2(CCc3c2c(=O)n2nc(C4=CCOCC4)nc2n3CC(=O)Nc2ccc(C(F)(F)F)c(F)c2Cl)CC1. The lowest BCUT2D eigenvalue weighted by atomic mass is 9.74. The first-order valence-electron chi connectivity index (χ1n) is 16.2. The molecule has 2 amide bonds. The summed E-state index contributed by atoms with van der Waals surface area (Å²) < 4.78 is 67.7. The number of carbonyl (C=O) groups is 2. The molecule has 11 nitrogen and oxygen atoms in total. The molecule has 0 saturated carbocycles. The Labute approximate surface area is 285 Å². The zero-order chi connectivity index (χ0) is 35.9. The molecule has 3 aromatic rings. The first kappa shape index (κ1) is 36.3. The van der Waals surface area contributed by atoms with Crippen molar-refractivity contribution in [3.63, 3.8) is 0 Å². The summed E-state index contributed by atoms with van der Waals surface area (Å²) in [6.45, 7) is 10.5. The Bertz CT molecular complexity index is 1850. The number of likely N-dealkylation sites (tertiary alicyclic amines) is 1. The van der Waals surface area contributed by atoms with E-state index in [1.54, 1.807) is 30.2 Å². The zero-order valence-electron chi connectivity index (χ0n) is 28.0. The van der Waals surface area contributed by atoms with E-state index in [0.29, 0.717) is 81.6 Å². The number of piperidine rings is 1. The van der Waals surface area contributed by atoms with E-state index >= 15 is 0 Å². The Hall–Kier alpha value is -3.98. The number of nitrogens with one attached hydrogen (secondary N) is 1. The molecular formula is C33H39ClF4N6O5. The number of nitrogens with zero attached hydrogens (tertiary/aromatic N) is 5. The van der Waals surface area contributed by atoms with Gasteiger partial charge in [-0.15, -0.1) is 5.10 Å². The van der Waals surface area contributed by atoms with E-state index in [1.807, 2.05) is 19.9 Å². The highest BCUT2D eigenvalue weighted by atomic mass is 35.5. The summed E-state index contributed by atoms with van der Waals surface area (Å²) in [6.07, 6.45) is -1.08. The largest absolute Gasteiger partial charge is 0.444 e. The van der Waals surface area contributed by atoms with Crippen LogP contribution in [0.2, 0.25) is 5.02 Å². The Balaban J connectivity index is 0.00000230. The van der Waals surface area contributed by atoms with Crippen LogP contribution in [0.4, 0.5) is 28.0 Å². The highest BCUT2D eigenvalue weighted by Crippen LogP contribution is 2.45. The third kappa shape index (κ3) is 7.18. The molecule has 0 unspecified atom stereocenters. The maximum atomic E-state index is 14.5. The number of aromatic nitrogens is 4. The van der Waals surface area contributed by atoms with Gasteiger partial charge in [-0.3, -0.25) is 9.59 Å². The minimum Gasteiger partial charge on any atom is -0.444 e. The third-order valence-corrected chi connectivity index (χ3v) is 9.18. The Morgan fingerprint density at radius 1 is 1.10 bits per heavy atom. The molecule has 2 aliphatic heterocycles. The number of ether oxygens (including phenoxy) is 2. The molecule has 3 aliphatic rings. The van der Waals surface area contributed by atoms with Crippen LogP contribution in [0, 0.1) is 5.82 Å². The van der Waals surface area contributed by atoms with E-state index < -0.39 is 52.1 Å². The number of amides is 2. The van der Waals surface area contributed by atoms with Crippen molar-refractivity contribution in [1.29, 1.82) is 0 Å². The van der Waals surface area contributed by atoms with Crippen LogP contribution in [0.15, 0.2) is 23.0 Å². The van der Waals surface area contributed by atoms with Gasteiger partial charge >= 0.3 is 12.3 Å². The van der Waals surface area contributed by atoms with Crippen LogP contribution in [-0.2, 0) is 38.8 Å². The first-order valence-corrected chi connectivity index (χ1v) is 16.6. The maximum Gasteiger partial charge on any atom is 0.419 e. The van der Waals surface area contributed by atoms with Gasteiger partial charge in [0.05, 0.1) is 24.5 Å². The summed E-state index contributed by atoms with van der Waals surface area (Å²) in [7, 11) is 0. The summed E-state index contributed by atoms with van der Waals surface area (Å²) >= 11 is 5.90. The van der Waals surface area contributed by atoms with Crippen LogP contribution < -0.4 is 10.9 Å². The van der Waals surface area contributed by atoms with Crippen molar-refractivity contribution in [2.24, 2.45) is 0 Å². The summed E-state index contributed by atoms with van der Waals surface area (Å²) in [4.78, 5) is 46.6. The van der Waals surface area contributed by atoms with Gasteiger partial charge in [0.25, 0.3) is 5.56 Å². The van der Waals surface area contributed by atoms with Crippen molar-refractivity contribution in [3.05, 3.63) is 62.0 Å². The highest BCUT2D eigenvalue weighted by Gasteiger charge is 2.47. The first-order chi connectivity index (χ1) is 23.1. The van der Waals surface area contributed by atoms with E-state index in [0.717, 1.165) is 11.6 Å². The van der Waals surface area contributed by atoms with Gasteiger partial charge in [0.1, 0.15) is 17.2 Å². The summed E-state index contributed by atoms with van der Waals surface area (Å²) in [5, 5.41) is 6.07. The average molecular weight is 711 g/mol. The number of fused-ring (bicyclic) bond motifs is 3. The molecule has 266 valence electrons. The topological polar surface area (TPSA) is 120 Å². The van der Waals surface area contributed by atoms with Crippen molar-refractivity contribution < 1.29 is 36.6 Å². The predicted molar refractivity (Wildman–Crippen MR) is 174 cm³/mol. The lowest BCUT2D eigenvalue weighted by Gasteiger charge is -2.39. The lowest BCUT2D eigenvalue weighted by Crippen LogP contribution is -2.47. The Morgan fingerprint density at radius 3 is 2.41 bits per heavy atom. The summed E-state index contributed by atoms with van der Waals surface area (Å²) in [6, 6.07) is 1.39. The van der Waals surface area contributed by atoms with E-state index in [-0.39, 0.29) is 17.0 Å². The van der Waals surface area contributed by atoms with E-state index in [1.165, 1.54) is 4.52 Å². The Kier molecular flexibility index (Phi) is 10.2. The molecule has 0 bridgehead atoms. The number of rotatable bonds is 4. The third-order valence-electron chi connectivity index (χ3n) is 8.81. The van der Waals surface area contributed by atoms with Crippen LogP contribution in [0.5, 0.6) is 0 Å².